The molecule has 2 aromatic rings. The highest BCUT2D eigenvalue weighted by Crippen LogP contribution is 2.15. The Kier molecular flexibility index (Phi) is 11.3. The first-order chi connectivity index (χ1) is 12.2. The number of halogens is 1. The molecule has 0 aliphatic rings. The first kappa shape index (κ1) is 22.7. The van der Waals surface area contributed by atoms with E-state index >= 15 is 0 Å². The van der Waals surface area contributed by atoms with Gasteiger partial charge in [0.15, 0.2) is 5.96 Å². The number of benzene rings is 1. The molecule has 1 aromatic carbocycles. The molecule has 0 bridgehead atoms. The second kappa shape index (κ2) is 12.9. The summed E-state index contributed by atoms with van der Waals surface area (Å²) in [6, 6.07) is 12.3. The van der Waals surface area contributed by atoms with E-state index in [4.69, 9.17) is 9.47 Å². The van der Waals surface area contributed by atoms with Gasteiger partial charge in [0, 0.05) is 23.4 Å². The summed E-state index contributed by atoms with van der Waals surface area (Å²) in [5.74, 6) is 1.68. The fourth-order valence-electron chi connectivity index (χ4n) is 2.20. The van der Waals surface area contributed by atoms with Crippen LogP contribution in [-0.2, 0) is 17.8 Å². The van der Waals surface area contributed by atoms with Gasteiger partial charge in [0.2, 0.25) is 0 Å². The van der Waals surface area contributed by atoms with Gasteiger partial charge < -0.3 is 20.1 Å². The van der Waals surface area contributed by atoms with Crippen molar-refractivity contribution in [3.05, 3.63) is 51.7 Å². The van der Waals surface area contributed by atoms with Gasteiger partial charge in [-0.1, -0.05) is 12.1 Å². The maximum absolute atomic E-state index is 5.57. The Morgan fingerprint density at radius 3 is 2.46 bits per heavy atom. The van der Waals surface area contributed by atoms with E-state index in [0.717, 1.165) is 30.4 Å². The van der Waals surface area contributed by atoms with Crippen molar-refractivity contribution in [3.63, 3.8) is 0 Å². The van der Waals surface area contributed by atoms with Crippen LogP contribution in [0.4, 0.5) is 0 Å². The molecule has 0 saturated carbocycles. The van der Waals surface area contributed by atoms with Crippen molar-refractivity contribution < 1.29 is 9.47 Å². The molecule has 1 heterocycles. The van der Waals surface area contributed by atoms with Crippen molar-refractivity contribution in [2.75, 3.05) is 26.9 Å². The molecule has 0 aliphatic heterocycles. The number of aliphatic imine (C=N–C) groups is 1. The van der Waals surface area contributed by atoms with Crippen molar-refractivity contribution in [1.82, 2.24) is 10.6 Å². The summed E-state index contributed by atoms with van der Waals surface area (Å²) in [4.78, 5) is 7.28. The zero-order valence-corrected chi connectivity index (χ0v) is 18.7. The van der Waals surface area contributed by atoms with Gasteiger partial charge in [0.05, 0.1) is 19.7 Å². The van der Waals surface area contributed by atoms with Crippen molar-refractivity contribution in [1.29, 1.82) is 0 Å². The quantitative estimate of drug-likeness (QED) is 0.243. The van der Waals surface area contributed by atoms with E-state index in [2.05, 4.69) is 41.6 Å². The Hall–Kier alpha value is -1.32. The number of ether oxygens (including phenoxy) is 2. The van der Waals surface area contributed by atoms with Crippen molar-refractivity contribution in [2.45, 2.75) is 26.9 Å². The number of guanidine groups is 1. The molecule has 0 radical (unpaired) electrons. The fraction of sp³-hybridized carbons (Fsp3) is 0.421. The molecule has 1 aromatic heterocycles. The fourth-order valence-corrected chi connectivity index (χ4v) is 3.03. The normalized spacial score (nSPS) is 11.0. The van der Waals surface area contributed by atoms with Crippen LogP contribution in [0.2, 0.25) is 0 Å². The highest BCUT2D eigenvalue weighted by molar-refractivity contribution is 14.0. The summed E-state index contributed by atoms with van der Waals surface area (Å²) in [5.41, 5.74) is 1.14. The third-order valence-electron chi connectivity index (χ3n) is 3.47. The molecule has 7 heteroatoms. The first-order valence-electron chi connectivity index (χ1n) is 8.49. The highest BCUT2D eigenvalue weighted by Gasteiger charge is 2.01. The van der Waals surface area contributed by atoms with E-state index in [1.54, 1.807) is 18.4 Å². The smallest absolute Gasteiger partial charge is 0.191 e. The Balaban J connectivity index is 0.00000338. The molecule has 0 spiro atoms. The molecule has 0 amide bonds. The monoisotopic (exact) mass is 489 g/mol. The van der Waals surface area contributed by atoms with Gasteiger partial charge in [-0.2, -0.15) is 0 Å². The summed E-state index contributed by atoms with van der Waals surface area (Å²) in [7, 11) is 1.67. The zero-order chi connectivity index (χ0) is 17.9. The lowest BCUT2D eigenvalue weighted by Crippen LogP contribution is -2.36. The predicted molar refractivity (Wildman–Crippen MR) is 120 cm³/mol. The summed E-state index contributed by atoms with van der Waals surface area (Å²) in [6.45, 7) is 7.59. The minimum atomic E-state index is 0. The third-order valence-corrected chi connectivity index (χ3v) is 4.47. The Morgan fingerprint density at radius 1 is 1.08 bits per heavy atom. The third kappa shape index (κ3) is 8.37. The predicted octanol–water partition coefficient (Wildman–Crippen LogP) is 3.96. The number of nitrogens with one attached hydrogen (secondary N) is 2. The second-order valence-corrected chi connectivity index (χ2v) is 6.92. The minimum Gasteiger partial charge on any atom is -0.491 e. The Labute approximate surface area is 177 Å². The maximum atomic E-state index is 5.57. The van der Waals surface area contributed by atoms with Gasteiger partial charge in [0.1, 0.15) is 12.4 Å². The largest absolute Gasteiger partial charge is 0.491 e. The Bertz CT molecular complexity index is 659. The number of hydrogen-bond donors (Lipinski definition) is 2. The molecule has 0 saturated heterocycles. The molecule has 5 nitrogen and oxygen atoms in total. The topological polar surface area (TPSA) is 54.9 Å². The number of nitrogens with zero attached hydrogens (tertiary/aromatic N) is 1. The van der Waals surface area contributed by atoms with E-state index in [-0.39, 0.29) is 24.0 Å². The lowest BCUT2D eigenvalue weighted by molar-refractivity contribution is 0.146. The van der Waals surface area contributed by atoms with Gasteiger partial charge >= 0.3 is 0 Å². The van der Waals surface area contributed by atoms with Gasteiger partial charge in [0.25, 0.3) is 0 Å². The molecule has 2 rings (SSSR count). The summed E-state index contributed by atoms with van der Waals surface area (Å²) >= 11 is 1.80. The number of thiophene rings is 1. The van der Waals surface area contributed by atoms with Gasteiger partial charge in [-0.15, -0.1) is 35.3 Å². The van der Waals surface area contributed by atoms with E-state index in [1.165, 1.54) is 9.75 Å². The molecular formula is C19H28IN3O2S. The van der Waals surface area contributed by atoms with Crippen LogP contribution < -0.4 is 15.4 Å². The molecule has 26 heavy (non-hydrogen) atoms. The lowest BCUT2D eigenvalue weighted by Gasteiger charge is -2.11. The SMILES string of the molecule is CCNC(=NCc1ccc(OCCOC)cc1)NCc1ccc(C)s1.I. The molecule has 0 fully saturated rings. The molecular weight excluding hydrogens is 461 g/mol. The van der Waals surface area contributed by atoms with E-state index in [9.17, 15) is 0 Å². The lowest BCUT2D eigenvalue weighted by atomic mass is 10.2. The van der Waals surface area contributed by atoms with Crippen LogP contribution in [0, 0.1) is 6.92 Å². The van der Waals surface area contributed by atoms with Crippen molar-refractivity contribution in [2.24, 2.45) is 4.99 Å². The van der Waals surface area contributed by atoms with E-state index < -0.39 is 0 Å². The molecule has 0 atom stereocenters. The van der Waals surface area contributed by atoms with E-state index in [0.29, 0.717) is 19.8 Å². The molecule has 144 valence electrons. The van der Waals surface area contributed by atoms with Gasteiger partial charge in [-0.25, -0.2) is 4.99 Å². The average molecular weight is 489 g/mol. The first-order valence-corrected chi connectivity index (χ1v) is 9.31. The van der Waals surface area contributed by atoms with Crippen molar-refractivity contribution >= 4 is 41.3 Å². The number of aryl methyl sites for hydroxylation is 1. The number of hydrogen-bond acceptors (Lipinski definition) is 4. The average Bonchev–Trinajstić information content (AvgIpc) is 3.04. The summed E-state index contributed by atoms with van der Waals surface area (Å²) < 4.78 is 10.5. The van der Waals surface area contributed by atoms with Crippen LogP contribution >= 0.6 is 35.3 Å². The van der Waals surface area contributed by atoms with Crippen LogP contribution in [-0.4, -0.2) is 32.8 Å². The second-order valence-electron chi connectivity index (χ2n) is 5.55. The van der Waals surface area contributed by atoms with Gasteiger partial charge in [-0.3, -0.25) is 0 Å². The summed E-state index contributed by atoms with van der Waals surface area (Å²) in [5, 5.41) is 6.66. The molecule has 0 aliphatic carbocycles. The standard InChI is InChI=1S/C19H27N3O2S.HI/c1-4-20-19(22-14-18-10-5-15(2)25-18)21-13-16-6-8-17(9-7-16)24-12-11-23-3;/h5-10H,4,11-14H2,1-3H3,(H2,20,21,22);1H. The van der Waals surface area contributed by atoms with Crippen LogP contribution in [0.1, 0.15) is 22.2 Å². The van der Waals surface area contributed by atoms with Gasteiger partial charge in [-0.05, 0) is 43.7 Å². The Morgan fingerprint density at radius 2 is 1.85 bits per heavy atom. The van der Waals surface area contributed by atoms with Crippen LogP contribution in [0.3, 0.4) is 0 Å². The van der Waals surface area contributed by atoms with E-state index in [1.807, 2.05) is 24.3 Å². The maximum Gasteiger partial charge on any atom is 0.191 e. The molecule has 2 N–H and O–H groups in total. The van der Waals surface area contributed by atoms with Crippen LogP contribution in [0.25, 0.3) is 0 Å². The number of methoxy groups -OCH3 is 1. The molecule has 0 unspecified atom stereocenters. The van der Waals surface area contributed by atoms with Crippen LogP contribution in [0.5, 0.6) is 5.75 Å². The number of rotatable bonds is 9. The minimum absolute atomic E-state index is 0. The van der Waals surface area contributed by atoms with Crippen LogP contribution in [0.15, 0.2) is 41.4 Å². The summed E-state index contributed by atoms with van der Waals surface area (Å²) in [6.07, 6.45) is 0. The highest BCUT2D eigenvalue weighted by atomic mass is 127. The van der Waals surface area contributed by atoms with Crippen molar-refractivity contribution in [3.8, 4) is 5.75 Å². The zero-order valence-electron chi connectivity index (χ0n) is 15.6.